The molecule has 1 aromatic heterocycles. The van der Waals surface area contributed by atoms with Crippen LogP contribution in [0.1, 0.15) is 5.56 Å². The fourth-order valence-electron chi connectivity index (χ4n) is 1.31. The maximum absolute atomic E-state index is 11.8. The highest BCUT2D eigenvalue weighted by Crippen LogP contribution is 2.21. The minimum Gasteiger partial charge on any atom is -0.507 e. The Hall–Kier alpha value is -1.86. The predicted molar refractivity (Wildman–Crippen MR) is 60.7 cm³/mol. The number of benzene rings is 1. The number of sulfonamides is 1. The fourth-order valence-corrected chi connectivity index (χ4v) is 2.43. The third-order valence-electron chi connectivity index (χ3n) is 2.18. The zero-order valence-corrected chi connectivity index (χ0v) is 9.61. The van der Waals surface area contributed by atoms with Crippen molar-refractivity contribution >= 4 is 10.0 Å². The molecule has 0 aliphatic carbocycles. The Kier molecular flexibility index (Phi) is 3.12. The summed E-state index contributed by atoms with van der Waals surface area (Å²) >= 11 is 0. The lowest BCUT2D eigenvalue weighted by molar-refractivity contribution is 0.458. The first-order valence-electron chi connectivity index (χ1n) is 4.85. The highest BCUT2D eigenvalue weighted by molar-refractivity contribution is 7.89. The van der Waals surface area contributed by atoms with Crippen molar-refractivity contribution in [1.29, 1.82) is 0 Å². The molecule has 0 aliphatic rings. The van der Waals surface area contributed by atoms with Gasteiger partial charge in [-0.25, -0.2) is 13.1 Å². The van der Waals surface area contributed by atoms with Crippen molar-refractivity contribution in [3.8, 4) is 5.75 Å². The van der Waals surface area contributed by atoms with Crippen LogP contribution in [-0.2, 0) is 16.6 Å². The molecule has 0 unspecified atom stereocenters. The number of aromatic nitrogens is 2. The van der Waals surface area contributed by atoms with E-state index in [2.05, 4.69) is 14.9 Å². The van der Waals surface area contributed by atoms with E-state index in [1.807, 2.05) is 0 Å². The van der Waals surface area contributed by atoms with Gasteiger partial charge >= 0.3 is 0 Å². The van der Waals surface area contributed by atoms with E-state index in [-0.39, 0.29) is 17.2 Å². The lowest BCUT2D eigenvalue weighted by Crippen LogP contribution is -2.23. The third-order valence-corrected chi connectivity index (χ3v) is 3.62. The second-order valence-corrected chi connectivity index (χ2v) is 5.13. The van der Waals surface area contributed by atoms with Crippen molar-refractivity contribution in [2.75, 3.05) is 0 Å². The van der Waals surface area contributed by atoms with Crippen LogP contribution in [0.5, 0.6) is 5.75 Å². The van der Waals surface area contributed by atoms with Gasteiger partial charge in [0.2, 0.25) is 10.0 Å². The number of hydrogen-bond donors (Lipinski definition) is 3. The SMILES string of the molecule is O=S(=O)(NCc1cn[nH]c1)c1ccccc1O. The molecule has 0 aliphatic heterocycles. The van der Waals surface area contributed by atoms with Gasteiger partial charge in [-0.15, -0.1) is 0 Å². The van der Waals surface area contributed by atoms with Crippen LogP contribution in [0, 0.1) is 0 Å². The number of aromatic amines is 1. The van der Waals surface area contributed by atoms with Crippen LogP contribution in [0.3, 0.4) is 0 Å². The molecule has 2 aromatic rings. The summed E-state index contributed by atoms with van der Waals surface area (Å²) in [7, 11) is -3.71. The van der Waals surface area contributed by atoms with Gasteiger partial charge in [0, 0.05) is 18.3 Å². The molecule has 1 heterocycles. The van der Waals surface area contributed by atoms with E-state index in [0.29, 0.717) is 5.56 Å². The van der Waals surface area contributed by atoms with E-state index in [9.17, 15) is 13.5 Å². The Labute approximate surface area is 98.4 Å². The van der Waals surface area contributed by atoms with Crippen LogP contribution in [0.4, 0.5) is 0 Å². The summed E-state index contributed by atoms with van der Waals surface area (Å²) < 4.78 is 26.1. The molecule has 0 saturated heterocycles. The first-order chi connectivity index (χ1) is 8.09. The minimum atomic E-state index is -3.71. The second kappa shape index (κ2) is 4.56. The number of para-hydroxylation sites is 1. The standard InChI is InChI=1S/C10H11N3O3S/c14-9-3-1-2-4-10(9)17(15,16)13-7-8-5-11-12-6-8/h1-6,13-14H,7H2,(H,11,12). The molecule has 0 bridgehead atoms. The maximum Gasteiger partial charge on any atom is 0.244 e. The average molecular weight is 253 g/mol. The van der Waals surface area contributed by atoms with Gasteiger partial charge < -0.3 is 5.11 Å². The molecule has 1 aromatic carbocycles. The number of nitrogens with one attached hydrogen (secondary N) is 2. The summed E-state index contributed by atoms with van der Waals surface area (Å²) in [4.78, 5) is -0.136. The molecule has 0 atom stereocenters. The van der Waals surface area contributed by atoms with Crippen LogP contribution < -0.4 is 4.72 Å². The Balaban J connectivity index is 2.17. The van der Waals surface area contributed by atoms with Gasteiger partial charge in [0.1, 0.15) is 10.6 Å². The summed E-state index contributed by atoms with van der Waals surface area (Å²) in [5.74, 6) is -0.271. The van der Waals surface area contributed by atoms with E-state index < -0.39 is 10.0 Å². The average Bonchev–Trinajstić information content (AvgIpc) is 2.80. The molecule has 6 nitrogen and oxygen atoms in total. The zero-order chi connectivity index (χ0) is 12.3. The molecule has 0 fully saturated rings. The Morgan fingerprint density at radius 3 is 2.76 bits per heavy atom. The highest BCUT2D eigenvalue weighted by atomic mass is 32.2. The lowest BCUT2D eigenvalue weighted by atomic mass is 10.3. The summed E-state index contributed by atoms with van der Waals surface area (Å²) in [6, 6.07) is 5.77. The van der Waals surface area contributed by atoms with Crippen LogP contribution in [0.2, 0.25) is 0 Å². The highest BCUT2D eigenvalue weighted by Gasteiger charge is 2.17. The third kappa shape index (κ3) is 2.63. The fraction of sp³-hybridized carbons (Fsp3) is 0.100. The maximum atomic E-state index is 11.8. The van der Waals surface area contributed by atoms with Crippen molar-refractivity contribution in [2.24, 2.45) is 0 Å². The number of nitrogens with zero attached hydrogens (tertiary/aromatic N) is 1. The molecule has 17 heavy (non-hydrogen) atoms. The van der Waals surface area contributed by atoms with Crippen molar-refractivity contribution in [1.82, 2.24) is 14.9 Å². The number of hydrogen-bond acceptors (Lipinski definition) is 4. The number of aromatic hydroxyl groups is 1. The first kappa shape index (κ1) is 11.6. The molecule has 2 rings (SSSR count). The molecule has 0 spiro atoms. The first-order valence-corrected chi connectivity index (χ1v) is 6.33. The zero-order valence-electron chi connectivity index (χ0n) is 8.79. The van der Waals surface area contributed by atoms with Crippen molar-refractivity contribution < 1.29 is 13.5 Å². The van der Waals surface area contributed by atoms with E-state index in [0.717, 1.165) is 0 Å². The van der Waals surface area contributed by atoms with Crippen LogP contribution in [0.25, 0.3) is 0 Å². The largest absolute Gasteiger partial charge is 0.507 e. The number of phenols is 1. The smallest absolute Gasteiger partial charge is 0.244 e. The summed E-state index contributed by atoms with van der Waals surface area (Å²) in [5, 5.41) is 15.8. The molecule has 3 N–H and O–H groups in total. The summed E-state index contributed by atoms with van der Waals surface area (Å²) in [6.45, 7) is 0.118. The van der Waals surface area contributed by atoms with Gasteiger partial charge in [-0.2, -0.15) is 5.10 Å². The van der Waals surface area contributed by atoms with Gasteiger partial charge in [-0.05, 0) is 12.1 Å². The number of H-pyrrole nitrogens is 1. The van der Waals surface area contributed by atoms with Gasteiger partial charge in [-0.3, -0.25) is 5.10 Å². The molecule has 7 heteroatoms. The summed E-state index contributed by atoms with van der Waals surface area (Å²) in [5.41, 5.74) is 0.712. The molecule has 90 valence electrons. The quantitative estimate of drug-likeness (QED) is 0.743. The number of rotatable bonds is 4. The molecular weight excluding hydrogens is 242 g/mol. The van der Waals surface area contributed by atoms with Gasteiger partial charge in [0.05, 0.1) is 6.20 Å². The minimum absolute atomic E-state index is 0.118. The van der Waals surface area contributed by atoms with Crippen LogP contribution in [0.15, 0.2) is 41.6 Å². The van der Waals surface area contributed by atoms with Crippen LogP contribution >= 0.6 is 0 Å². The van der Waals surface area contributed by atoms with Crippen LogP contribution in [-0.4, -0.2) is 23.7 Å². The van der Waals surface area contributed by atoms with E-state index in [4.69, 9.17) is 0 Å². The van der Waals surface area contributed by atoms with Crippen molar-refractivity contribution in [2.45, 2.75) is 11.4 Å². The topological polar surface area (TPSA) is 95.1 Å². The predicted octanol–water partition coefficient (Wildman–Crippen LogP) is 0.594. The molecule has 0 amide bonds. The van der Waals surface area contributed by atoms with Gasteiger partial charge in [0.15, 0.2) is 0 Å². The van der Waals surface area contributed by atoms with Crippen molar-refractivity contribution in [3.63, 3.8) is 0 Å². The number of phenolic OH excluding ortho intramolecular Hbond substituents is 1. The van der Waals surface area contributed by atoms with Gasteiger partial charge in [-0.1, -0.05) is 12.1 Å². The Morgan fingerprint density at radius 1 is 1.35 bits per heavy atom. The lowest BCUT2D eigenvalue weighted by Gasteiger charge is -2.06. The molecule has 0 radical (unpaired) electrons. The van der Waals surface area contributed by atoms with E-state index in [1.54, 1.807) is 18.3 Å². The van der Waals surface area contributed by atoms with Crippen molar-refractivity contribution in [3.05, 3.63) is 42.2 Å². The second-order valence-electron chi connectivity index (χ2n) is 3.40. The molecule has 0 saturated carbocycles. The Morgan fingerprint density at radius 2 is 2.12 bits per heavy atom. The normalized spacial score (nSPS) is 11.5. The molecular formula is C10H11N3O3S. The van der Waals surface area contributed by atoms with Gasteiger partial charge in [0.25, 0.3) is 0 Å². The summed E-state index contributed by atoms with van der Waals surface area (Å²) in [6.07, 6.45) is 3.11. The van der Waals surface area contributed by atoms with E-state index in [1.165, 1.54) is 18.3 Å². The Bertz CT molecular complexity index is 593. The van der Waals surface area contributed by atoms with E-state index >= 15 is 0 Å². The monoisotopic (exact) mass is 253 g/mol.